The lowest BCUT2D eigenvalue weighted by atomic mass is 9.91. The van der Waals surface area contributed by atoms with Crippen molar-refractivity contribution in [2.45, 2.75) is 31.7 Å². The van der Waals surface area contributed by atoms with Crippen molar-refractivity contribution in [2.75, 3.05) is 19.7 Å². The third-order valence-corrected chi connectivity index (χ3v) is 4.53. The second-order valence-corrected chi connectivity index (χ2v) is 5.90. The largest absolute Gasteiger partial charge is 0.493 e. The third kappa shape index (κ3) is 2.29. The summed E-state index contributed by atoms with van der Waals surface area (Å²) in [5.41, 5.74) is 6.79. The fourth-order valence-corrected chi connectivity index (χ4v) is 3.42. The van der Waals surface area contributed by atoms with Crippen molar-refractivity contribution in [1.82, 2.24) is 4.90 Å². The van der Waals surface area contributed by atoms with Gasteiger partial charge in [-0.3, -0.25) is 4.79 Å². The second kappa shape index (κ2) is 5.44. The summed E-state index contributed by atoms with van der Waals surface area (Å²) in [5.74, 6) is 1.49. The number of hydrogen-bond acceptors (Lipinski definition) is 3. The molecule has 0 saturated carbocycles. The van der Waals surface area contributed by atoms with Crippen LogP contribution in [0, 0.1) is 5.92 Å². The molecule has 0 spiro atoms. The number of carbonyl (C=O) groups is 1. The average molecular weight is 274 g/mol. The average Bonchev–Trinajstić information content (AvgIpc) is 2.87. The molecule has 2 heterocycles. The maximum Gasteiger partial charge on any atom is 0.230 e. The number of benzene rings is 1. The van der Waals surface area contributed by atoms with Crippen molar-refractivity contribution in [3.05, 3.63) is 29.8 Å². The van der Waals surface area contributed by atoms with E-state index < -0.39 is 0 Å². The van der Waals surface area contributed by atoms with Gasteiger partial charge in [-0.05, 0) is 38.3 Å². The molecule has 2 aliphatic heterocycles. The summed E-state index contributed by atoms with van der Waals surface area (Å²) >= 11 is 0. The normalized spacial score (nSPS) is 28.9. The van der Waals surface area contributed by atoms with E-state index >= 15 is 0 Å². The van der Waals surface area contributed by atoms with Crippen molar-refractivity contribution in [3.63, 3.8) is 0 Å². The topological polar surface area (TPSA) is 55.6 Å². The van der Waals surface area contributed by atoms with Crippen LogP contribution in [0.5, 0.6) is 5.75 Å². The SMILES string of the molecule is CC1CC(CN)CN1C(=O)C1CCOc2ccccc21. The van der Waals surface area contributed by atoms with Crippen LogP contribution in [0.2, 0.25) is 0 Å². The molecule has 3 rings (SSSR count). The lowest BCUT2D eigenvalue weighted by Crippen LogP contribution is -2.39. The summed E-state index contributed by atoms with van der Waals surface area (Å²) < 4.78 is 5.64. The van der Waals surface area contributed by atoms with Crippen molar-refractivity contribution in [1.29, 1.82) is 0 Å². The van der Waals surface area contributed by atoms with Gasteiger partial charge in [-0.2, -0.15) is 0 Å². The summed E-state index contributed by atoms with van der Waals surface area (Å²) in [6.45, 7) is 4.21. The number of para-hydroxylation sites is 1. The van der Waals surface area contributed by atoms with Gasteiger partial charge < -0.3 is 15.4 Å². The zero-order valence-electron chi connectivity index (χ0n) is 11.9. The Labute approximate surface area is 119 Å². The van der Waals surface area contributed by atoms with E-state index in [1.165, 1.54) is 0 Å². The van der Waals surface area contributed by atoms with E-state index in [0.717, 1.165) is 30.7 Å². The summed E-state index contributed by atoms with van der Waals surface area (Å²) in [5, 5.41) is 0. The summed E-state index contributed by atoms with van der Waals surface area (Å²) in [4.78, 5) is 14.9. The number of likely N-dealkylation sites (tertiary alicyclic amines) is 1. The van der Waals surface area contributed by atoms with Gasteiger partial charge in [0, 0.05) is 18.2 Å². The Balaban J connectivity index is 1.82. The molecule has 4 heteroatoms. The van der Waals surface area contributed by atoms with Gasteiger partial charge in [-0.25, -0.2) is 0 Å². The van der Waals surface area contributed by atoms with Gasteiger partial charge in [-0.1, -0.05) is 18.2 Å². The van der Waals surface area contributed by atoms with Gasteiger partial charge in [-0.15, -0.1) is 0 Å². The fourth-order valence-electron chi connectivity index (χ4n) is 3.42. The fraction of sp³-hybridized carbons (Fsp3) is 0.562. The van der Waals surface area contributed by atoms with Crippen LogP contribution in [0.1, 0.15) is 31.2 Å². The zero-order chi connectivity index (χ0) is 14.1. The molecule has 3 atom stereocenters. The molecular formula is C16H22N2O2. The van der Waals surface area contributed by atoms with Gasteiger partial charge in [0.1, 0.15) is 5.75 Å². The van der Waals surface area contributed by atoms with Crippen molar-refractivity contribution in [3.8, 4) is 5.75 Å². The van der Waals surface area contributed by atoms with Crippen LogP contribution in [0.15, 0.2) is 24.3 Å². The highest BCUT2D eigenvalue weighted by Crippen LogP contribution is 2.36. The Morgan fingerprint density at radius 2 is 2.25 bits per heavy atom. The lowest BCUT2D eigenvalue weighted by Gasteiger charge is -2.30. The van der Waals surface area contributed by atoms with E-state index in [0.29, 0.717) is 25.1 Å². The first-order valence-corrected chi connectivity index (χ1v) is 7.43. The van der Waals surface area contributed by atoms with E-state index in [1.54, 1.807) is 0 Å². The first kappa shape index (κ1) is 13.4. The quantitative estimate of drug-likeness (QED) is 0.894. The number of carbonyl (C=O) groups excluding carboxylic acids is 1. The minimum absolute atomic E-state index is 0.0566. The summed E-state index contributed by atoms with van der Waals surface area (Å²) in [6.07, 6.45) is 1.79. The van der Waals surface area contributed by atoms with Crippen molar-refractivity contribution >= 4 is 5.91 Å². The van der Waals surface area contributed by atoms with Crippen LogP contribution in [-0.2, 0) is 4.79 Å². The Hall–Kier alpha value is -1.55. The minimum Gasteiger partial charge on any atom is -0.493 e. The highest BCUT2D eigenvalue weighted by molar-refractivity contribution is 5.85. The molecule has 1 aromatic rings. The molecule has 1 amide bonds. The van der Waals surface area contributed by atoms with Crippen molar-refractivity contribution < 1.29 is 9.53 Å². The van der Waals surface area contributed by atoms with Gasteiger partial charge in [0.25, 0.3) is 0 Å². The van der Waals surface area contributed by atoms with Crippen LogP contribution in [0.25, 0.3) is 0 Å². The van der Waals surface area contributed by atoms with Crippen molar-refractivity contribution in [2.24, 2.45) is 11.7 Å². The Bertz CT molecular complexity index is 503. The third-order valence-electron chi connectivity index (χ3n) is 4.53. The Kier molecular flexibility index (Phi) is 3.66. The molecule has 1 fully saturated rings. The van der Waals surface area contributed by atoms with E-state index in [1.807, 2.05) is 29.2 Å². The van der Waals surface area contributed by atoms with Gasteiger partial charge in [0.15, 0.2) is 0 Å². The molecule has 108 valence electrons. The van der Waals surface area contributed by atoms with Crippen LogP contribution in [0.4, 0.5) is 0 Å². The molecule has 0 bridgehead atoms. The summed E-state index contributed by atoms with van der Waals surface area (Å²) in [6, 6.07) is 8.19. The van der Waals surface area contributed by atoms with E-state index in [4.69, 9.17) is 10.5 Å². The predicted octanol–water partition coefficient (Wildman–Crippen LogP) is 1.75. The van der Waals surface area contributed by atoms with E-state index in [9.17, 15) is 4.79 Å². The van der Waals surface area contributed by atoms with Crippen LogP contribution in [-0.4, -0.2) is 36.5 Å². The van der Waals surface area contributed by atoms with Crippen LogP contribution < -0.4 is 10.5 Å². The van der Waals surface area contributed by atoms with Crippen LogP contribution >= 0.6 is 0 Å². The number of ether oxygens (including phenoxy) is 1. The lowest BCUT2D eigenvalue weighted by molar-refractivity contribution is -0.134. The van der Waals surface area contributed by atoms with E-state index in [-0.39, 0.29) is 11.8 Å². The zero-order valence-corrected chi connectivity index (χ0v) is 11.9. The van der Waals surface area contributed by atoms with E-state index in [2.05, 4.69) is 6.92 Å². The first-order valence-electron chi connectivity index (χ1n) is 7.43. The molecule has 0 aliphatic carbocycles. The number of nitrogens with zero attached hydrogens (tertiary/aromatic N) is 1. The Morgan fingerprint density at radius 1 is 1.45 bits per heavy atom. The number of nitrogens with two attached hydrogens (primary N) is 1. The molecule has 4 nitrogen and oxygen atoms in total. The van der Waals surface area contributed by atoms with Gasteiger partial charge in [0.2, 0.25) is 5.91 Å². The molecule has 0 aromatic heterocycles. The number of fused-ring (bicyclic) bond motifs is 1. The van der Waals surface area contributed by atoms with Gasteiger partial charge in [0.05, 0.1) is 12.5 Å². The molecule has 3 unspecified atom stereocenters. The van der Waals surface area contributed by atoms with Gasteiger partial charge >= 0.3 is 0 Å². The maximum atomic E-state index is 12.9. The second-order valence-electron chi connectivity index (χ2n) is 5.90. The predicted molar refractivity (Wildman–Crippen MR) is 77.6 cm³/mol. The number of rotatable bonds is 2. The monoisotopic (exact) mass is 274 g/mol. The molecule has 1 saturated heterocycles. The maximum absolute atomic E-state index is 12.9. The van der Waals surface area contributed by atoms with Crippen LogP contribution in [0.3, 0.4) is 0 Å². The number of amides is 1. The smallest absolute Gasteiger partial charge is 0.230 e. The first-order chi connectivity index (χ1) is 9.70. The molecule has 2 N–H and O–H groups in total. The Morgan fingerprint density at radius 3 is 3.00 bits per heavy atom. The molecule has 1 aromatic carbocycles. The molecule has 2 aliphatic rings. The minimum atomic E-state index is -0.0566. The number of hydrogen-bond donors (Lipinski definition) is 1. The highest BCUT2D eigenvalue weighted by Gasteiger charge is 2.37. The molecular weight excluding hydrogens is 252 g/mol. The molecule has 0 radical (unpaired) electrons. The molecule has 20 heavy (non-hydrogen) atoms. The summed E-state index contributed by atoms with van der Waals surface area (Å²) in [7, 11) is 0. The highest BCUT2D eigenvalue weighted by atomic mass is 16.5. The standard InChI is InChI=1S/C16H22N2O2/c1-11-8-12(9-17)10-18(11)16(19)14-6-7-20-15-5-3-2-4-13(14)15/h2-5,11-12,14H,6-10,17H2,1H3.